The van der Waals surface area contributed by atoms with E-state index in [9.17, 15) is 36.6 Å². The Labute approximate surface area is 225 Å². The van der Waals surface area contributed by atoms with E-state index in [-0.39, 0.29) is 11.1 Å². The lowest BCUT2D eigenvalue weighted by molar-refractivity contribution is -0.138. The molecule has 0 saturated carbocycles. The fraction of sp³-hybridized carbons (Fsp3) is 0.133. The van der Waals surface area contributed by atoms with Gasteiger partial charge in [0, 0.05) is 23.6 Å². The van der Waals surface area contributed by atoms with Gasteiger partial charge in [0.25, 0.3) is 0 Å². The molecule has 4 rings (SSSR count). The van der Waals surface area contributed by atoms with Crippen LogP contribution in [0.1, 0.15) is 45.5 Å². The van der Waals surface area contributed by atoms with E-state index in [1.54, 1.807) is 60.7 Å². The molecule has 4 nitrogen and oxygen atoms in total. The van der Waals surface area contributed by atoms with Crippen LogP contribution in [0.25, 0.3) is 0 Å². The van der Waals surface area contributed by atoms with Gasteiger partial charge in [-0.2, -0.15) is 26.3 Å². The summed E-state index contributed by atoms with van der Waals surface area (Å²) in [6.45, 7) is 0. The van der Waals surface area contributed by atoms with Crippen molar-refractivity contribution in [2.75, 3.05) is 0 Å². The van der Waals surface area contributed by atoms with Crippen molar-refractivity contribution in [2.24, 2.45) is 9.98 Å². The molecule has 0 aliphatic carbocycles. The van der Waals surface area contributed by atoms with Crippen LogP contribution in [0.4, 0.5) is 26.3 Å². The molecule has 2 atom stereocenters. The van der Waals surface area contributed by atoms with Crippen LogP contribution in [0, 0.1) is 0 Å². The highest BCUT2D eigenvalue weighted by atomic mass is 19.4. The van der Waals surface area contributed by atoms with Crippen molar-refractivity contribution in [3.05, 3.63) is 130 Å². The Morgan fingerprint density at radius 2 is 0.875 bits per heavy atom. The molecule has 4 aromatic carbocycles. The van der Waals surface area contributed by atoms with Crippen molar-refractivity contribution >= 4 is 12.4 Å². The van der Waals surface area contributed by atoms with E-state index in [4.69, 9.17) is 0 Å². The van der Waals surface area contributed by atoms with Crippen LogP contribution in [0.15, 0.2) is 107 Å². The Morgan fingerprint density at radius 1 is 0.525 bits per heavy atom. The summed E-state index contributed by atoms with van der Waals surface area (Å²) in [6.07, 6.45) is -7.07. The topological polar surface area (TPSA) is 65.2 Å². The minimum absolute atomic E-state index is 0.179. The molecule has 2 N–H and O–H groups in total. The number of alkyl halides is 6. The number of phenols is 2. The van der Waals surface area contributed by atoms with Crippen LogP contribution >= 0.6 is 0 Å². The summed E-state index contributed by atoms with van der Waals surface area (Å²) in [4.78, 5) is 9.02. The maximum atomic E-state index is 13.3. The molecule has 206 valence electrons. The summed E-state index contributed by atoms with van der Waals surface area (Å²) in [5.74, 6) is -0.838. The van der Waals surface area contributed by atoms with Gasteiger partial charge in [-0.05, 0) is 47.5 Å². The highest BCUT2D eigenvalue weighted by Gasteiger charge is 2.32. The summed E-state index contributed by atoms with van der Waals surface area (Å²) < 4.78 is 79.6. The quantitative estimate of drug-likeness (QED) is 0.178. The van der Waals surface area contributed by atoms with Gasteiger partial charge in [0.05, 0.1) is 11.1 Å². The zero-order chi connectivity index (χ0) is 28.9. The predicted molar refractivity (Wildman–Crippen MR) is 140 cm³/mol. The van der Waals surface area contributed by atoms with Gasteiger partial charge in [0.15, 0.2) is 0 Å². The highest BCUT2D eigenvalue weighted by molar-refractivity contribution is 5.85. The molecular formula is C30H22F6N2O2. The molecule has 10 heteroatoms. The van der Waals surface area contributed by atoms with E-state index in [1.807, 2.05) is 0 Å². The van der Waals surface area contributed by atoms with E-state index < -0.39 is 47.1 Å². The maximum absolute atomic E-state index is 13.3. The second kappa shape index (κ2) is 11.6. The lowest BCUT2D eigenvalue weighted by atomic mass is 9.94. The molecule has 0 saturated heterocycles. The van der Waals surface area contributed by atoms with E-state index >= 15 is 0 Å². The largest absolute Gasteiger partial charge is 0.507 e. The third kappa shape index (κ3) is 6.88. The van der Waals surface area contributed by atoms with Crippen LogP contribution in [0.2, 0.25) is 0 Å². The van der Waals surface area contributed by atoms with Crippen LogP contribution in [0.3, 0.4) is 0 Å². The number of hydrogen-bond acceptors (Lipinski definition) is 4. The lowest BCUT2D eigenvalue weighted by Gasteiger charge is -2.22. The van der Waals surface area contributed by atoms with Crippen molar-refractivity contribution in [3.63, 3.8) is 0 Å². The number of benzene rings is 4. The van der Waals surface area contributed by atoms with Gasteiger partial charge in [-0.1, -0.05) is 60.7 Å². The highest BCUT2D eigenvalue weighted by Crippen LogP contribution is 2.37. The van der Waals surface area contributed by atoms with Crippen molar-refractivity contribution in [2.45, 2.75) is 24.4 Å². The maximum Gasteiger partial charge on any atom is 0.416 e. The average molecular weight is 557 g/mol. The molecule has 0 bridgehead atoms. The molecule has 0 aliphatic rings. The first-order valence-corrected chi connectivity index (χ1v) is 11.9. The average Bonchev–Trinajstić information content (AvgIpc) is 2.92. The third-order valence-corrected chi connectivity index (χ3v) is 6.04. The molecule has 0 fully saturated rings. The summed E-state index contributed by atoms with van der Waals surface area (Å²) in [7, 11) is 0. The van der Waals surface area contributed by atoms with Crippen LogP contribution in [-0.4, -0.2) is 22.6 Å². The monoisotopic (exact) mass is 556 g/mol. The van der Waals surface area contributed by atoms with Crippen LogP contribution in [-0.2, 0) is 12.4 Å². The smallest absolute Gasteiger partial charge is 0.416 e. The van der Waals surface area contributed by atoms with E-state index in [0.717, 1.165) is 48.8 Å². The zero-order valence-corrected chi connectivity index (χ0v) is 20.6. The van der Waals surface area contributed by atoms with E-state index in [1.165, 1.54) is 0 Å². The first-order valence-electron chi connectivity index (χ1n) is 11.9. The van der Waals surface area contributed by atoms with Gasteiger partial charge in [-0.15, -0.1) is 0 Å². The summed E-state index contributed by atoms with van der Waals surface area (Å²) >= 11 is 0. The number of aromatic hydroxyl groups is 2. The minimum Gasteiger partial charge on any atom is -0.507 e. The predicted octanol–water partition coefficient (Wildman–Crippen LogP) is 8.16. The van der Waals surface area contributed by atoms with Gasteiger partial charge < -0.3 is 10.2 Å². The molecule has 2 unspecified atom stereocenters. The van der Waals surface area contributed by atoms with Crippen LogP contribution in [0.5, 0.6) is 11.5 Å². The molecule has 0 aromatic heterocycles. The Kier molecular flexibility index (Phi) is 8.27. The fourth-order valence-corrected chi connectivity index (χ4v) is 3.99. The molecule has 0 spiro atoms. The van der Waals surface area contributed by atoms with Crippen molar-refractivity contribution < 1.29 is 36.6 Å². The number of hydrogen-bond donors (Lipinski definition) is 2. The number of halogens is 6. The van der Waals surface area contributed by atoms with Crippen molar-refractivity contribution in [1.82, 2.24) is 0 Å². The molecule has 0 aliphatic heterocycles. The van der Waals surface area contributed by atoms with Gasteiger partial charge >= 0.3 is 12.4 Å². The first kappa shape index (κ1) is 28.4. The van der Waals surface area contributed by atoms with Crippen molar-refractivity contribution in [1.29, 1.82) is 0 Å². The van der Waals surface area contributed by atoms with Crippen LogP contribution < -0.4 is 0 Å². The minimum atomic E-state index is -4.64. The third-order valence-electron chi connectivity index (χ3n) is 6.04. The Hall–Kier alpha value is -4.60. The number of aliphatic imine (C=N–C) groups is 2. The summed E-state index contributed by atoms with van der Waals surface area (Å²) in [5.41, 5.74) is -1.10. The van der Waals surface area contributed by atoms with Crippen molar-refractivity contribution in [3.8, 4) is 11.5 Å². The fourth-order valence-electron chi connectivity index (χ4n) is 3.99. The SMILES string of the molecule is Oc1ccc(C(F)(F)F)cc1C=NC(c1ccccc1)C(N=Cc1cc(C(F)(F)F)ccc1O)c1ccccc1. The van der Waals surface area contributed by atoms with Gasteiger partial charge in [0.2, 0.25) is 0 Å². The molecule has 0 radical (unpaired) electrons. The molecule has 4 aromatic rings. The van der Waals surface area contributed by atoms with E-state index in [2.05, 4.69) is 9.98 Å². The second-order valence-corrected chi connectivity index (χ2v) is 8.81. The number of phenolic OH excluding ortho intramolecular Hbond substituents is 2. The summed E-state index contributed by atoms with van der Waals surface area (Å²) in [6, 6.07) is 20.4. The van der Waals surface area contributed by atoms with Gasteiger partial charge in [0.1, 0.15) is 23.6 Å². The standard InChI is InChI=1S/C30H22F6N2O2/c31-29(32,33)23-11-13-25(39)21(15-23)17-37-27(19-7-3-1-4-8-19)28(20-9-5-2-6-10-20)38-18-22-16-24(30(34,35)36)12-14-26(22)40/h1-18,27-28,39-40H. The molecular weight excluding hydrogens is 534 g/mol. The molecule has 0 heterocycles. The zero-order valence-electron chi connectivity index (χ0n) is 20.6. The lowest BCUT2D eigenvalue weighted by Crippen LogP contribution is -2.10. The Balaban J connectivity index is 1.83. The van der Waals surface area contributed by atoms with E-state index in [0.29, 0.717) is 11.1 Å². The molecule has 40 heavy (non-hydrogen) atoms. The first-order chi connectivity index (χ1) is 18.9. The molecule has 0 amide bonds. The number of nitrogens with zero attached hydrogens (tertiary/aromatic N) is 2. The summed E-state index contributed by atoms with van der Waals surface area (Å²) in [5, 5.41) is 20.4. The Bertz CT molecular complexity index is 1390. The normalized spacial score (nSPS) is 14.1. The van der Waals surface area contributed by atoms with Gasteiger partial charge in [-0.25, -0.2) is 0 Å². The second-order valence-electron chi connectivity index (χ2n) is 8.81. The van der Waals surface area contributed by atoms with Gasteiger partial charge in [-0.3, -0.25) is 9.98 Å². The Morgan fingerprint density at radius 3 is 1.20 bits per heavy atom. The number of rotatable bonds is 7.